The van der Waals surface area contributed by atoms with Gasteiger partial charge < -0.3 is 4.74 Å². The second-order valence-corrected chi connectivity index (χ2v) is 4.65. The van der Waals surface area contributed by atoms with Gasteiger partial charge in [-0.3, -0.25) is 0 Å². The number of methoxy groups -OCH3 is 1. The monoisotopic (exact) mass is 302 g/mol. The van der Waals surface area contributed by atoms with Gasteiger partial charge in [-0.15, -0.1) is 0 Å². The van der Waals surface area contributed by atoms with E-state index < -0.39 is 6.43 Å². The van der Waals surface area contributed by atoms with Gasteiger partial charge in [0, 0.05) is 16.7 Å². The fourth-order valence-corrected chi connectivity index (χ4v) is 2.18. The van der Waals surface area contributed by atoms with E-state index >= 15 is 0 Å². The van der Waals surface area contributed by atoms with E-state index in [4.69, 9.17) is 27.9 Å². The Morgan fingerprint density at radius 3 is 2.42 bits per heavy atom. The molecule has 0 fully saturated rings. The lowest BCUT2D eigenvalue weighted by Crippen LogP contribution is -1.92. The summed E-state index contributed by atoms with van der Waals surface area (Å²) in [7, 11) is 1.42. The van der Waals surface area contributed by atoms with Crippen LogP contribution >= 0.6 is 23.2 Å². The summed E-state index contributed by atoms with van der Waals surface area (Å²) < 4.78 is 30.5. The number of alkyl halides is 2. The lowest BCUT2D eigenvalue weighted by molar-refractivity contribution is 0.151. The molecule has 0 amide bonds. The molecule has 2 aromatic rings. The first-order valence-corrected chi connectivity index (χ1v) is 6.20. The van der Waals surface area contributed by atoms with Crippen LogP contribution < -0.4 is 4.74 Å². The van der Waals surface area contributed by atoms with Crippen molar-refractivity contribution in [3.63, 3.8) is 0 Å². The molecule has 0 aromatic heterocycles. The van der Waals surface area contributed by atoms with Crippen LogP contribution in [0.4, 0.5) is 8.78 Å². The van der Waals surface area contributed by atoms with Crippen LogP contribution in [0.25, 0.3) is 11.1 Å². The van der Waals surface area contributed by atoms with Crippen molar-refractivity contribution in [1.82, 2.24) is 0 Å². The van der Waals surface area contributed by atoms with Crippen LogP contribution in [0.3, 0.4) is 0 Å². The van der Waals surface area contributed by atoms with E-state index in [9.17, 15) is 8.78 Å². The number of hydrogen-bond acceptors (Lipinski definition) is 1. The maximum absolute atomic E-state index is 12.7. The van der Waals surface area contributed by atoms with E-state index in [0.29, 0.717) is 26.9 Å². The minimum absolute atomic E-state index is 0.0984. The van der Waals surface area contributed by atoms with E-state index in [1.165, 1.54) is 19.2 Å². The zero-order valence-electron chi connectivity index (χ0n) is 9.96. The van der Waals surface area contributed by atoms with Gasteiger partial charge in [-0.2, -0.15) is 0 Å². The van der Waals surface area contributed by atoms with Crippen LogP contribution in [0.5, 0.6) is 5.75 Å². The van der Waals surface area contributed by atoms with E-state index in [1.54, 1.807) is 24.3 Å². The second kappa shape index (κ2) is 5.76. The first kappa shape index (κ1) is 14.1. The minimum Gasteiger partial charge on any atom is -0.496 e. The Morgan fingerprint density at radius 1 is 1.05 bits per heavy atom. The van der Waals surface area contributed by atoms with Crippen LogP contribution in [0.1, 0.15) is 12.0 Å². The van der Waals surface area contributed by atoms with Crippen molar-refractivity contribution < 1.29 is 13.5 Å². The van der Waals surface area contributed by atoms with Crippen LogP contribution in [-0.4, -0.2) is 7.11 Å². The van der Waals surface area contributed by atoms with Crippen molar-refractivity contribution >= 4 is 23.2 Å². The van der Waals surface area contributed by atoms with Gasteiger partial charge in [0.1, 0.15) is 5.75 Å². The highest BCUT2D eigenvalue weighted by Crippen LogP contribution is 2.39. The summed E-state index contributed by atoms with van der Waals surface area (Å²) in [6.07, 6.45) is -2.54. The molecule has 0 unspecified atom stereocenters. The normalized spacial score (nSPS) is 10.8. The molecule has 0 N–H and O–H groups in total. The molecule has 0 saturated heterocycles. The molecule has 2 aromatic carbocycles. The summed E-state index contributed by atoms with van der Waals surface area (Å²) in [5.74, 6) is 0.335. The molecule has 0 aliphatic carbocycles. The van der Waals surface area contributed by atoms with Crippen molar-refractivity contribution in [3.8, 4) is 16.9 Å². The third-order valence-electron chi connectivity index (χ3n) is 2.72. The first-order chi connectivity index (χ1) is 9.04. The number of rotatable bonds is 3. The number of ether oxygens (including phenoxy) is 1. The summed E-state index contributed by atoms with van der Waals surface area (Å²) in [6, 6.07) is 9.36. The van der Waals surface area contributed by atoms with E-state index in [-0.39, 0.29) is 5.56 Å². The molecule has 2 rings (SSSR count). The van der Waals surface area contributed by atoms with Crippen molar-refractivity contribution in [2.45, 2.75) is 6.43 Å². The molecule has 0 bridgehead atoms. The Kier molecular flexibility index (Phi) is 4.27. The van der Waals surface area contributed by atoms with Gasteiger partial charge in [-0.25, -0.2) is 8.78 Å². The zero-order valence-corrected chi connectivity index (χ0v) is 11.5. The standard InChI is InChI=1S/C14H10Cl2F2O/c1-19-12-7-8(14(17)18)5-6-9(12)10-3-2-4-11(15)13(10)16/h2-7,14H,1H3. The average Bonchev–Trinajstić information content (AvgIpc) is 2.41. The SMILES string of the molecule is COc1cc(C(F)F)ccc1-c1cccc(Cl)c1Cl. The highest BCUT2D eigenvalue weighted by atomic mass is 35.5. The van der Waals surface area contributed by atoms with Gasteiger partial charge in [0.2, 0.25) is 0 Å². The van der Waals surface area contributed by atoms with Crippen LogP contribution in [0.15, 0.2) is 36.4 Å². The molecular formula is C14H10Cl2F2O. The quantitative estimate of drug-likeness (QED) is 0.716. The molecular weight excluding hydrogens is 293 g/mol. The summed E-state index contributed by atoms with van der Waals surface area (Å²) in [4.78, 5) is 0. The number of hydrogen-bond donors (Lipinski definition) is 0. The van der Waals surface area contributed by atoms with Gasteiger partial charge in [-0.1, -0.05) is 47.5 Å². The number of benzene rings is 2. The van der Waals surface area contributed by atoms with Crippen molar-refractivity contribution in [2.24, 2.45) is 0 Å². The fourth-order valence-electron chi connectivity index (χ4n) is 1.78. The van der Waals surface area contributed by atoms with Crippen molar-refractivity contribution in [1.29, 1.82) is 0 Å². The highest BCUT2D eigenvalue weighted by molar-refractivity contribution is 6.43. The van der Waals surface area contributed by atoms with E-state index in [1.807, 2.05) is 0 Å². The highest BCUT2D eigenvalue weighted by Gasteiger charge is 2.15. The fraction of sp³-hybridized carbons (Fsp3) is 0.143. The van der Waals surface area contributed by atoms with Gasteiger partial charge in [0.25, 0.3) is 6.43 Å². The van der Waals surface area contributed by atoms with Gasteiger partial charge in [-0.05, 0) is 12.1 Å². The summed E-state index contributed by atoms with van der Waals surface area (Å²) in [5, 5.41) is 0.770. The molecule has 0 atom stereocenters. The largest absolute Gasteiger partial charge is 0.496 e. The first-order valence-electron chi connectivity index (χ1n) is 5.45. The van der Waals surface area contributed by atoms with E-state index in [2.05, 4.69) is 0 Å². The Labute approximate surface area is 119 Å². The Hall–Kier alpha value is -1.32. The molecule has 0 saturated carbocycles. The third kappa shape index (κ3) is 2.82. The maximum atomic E-state index is 12.7. The molecule has 5 heteroatoms. The Balaban J connectivity index is 2.59. The van der Waals surface area contributed by atoms with E-state index in [0.717, 1.165) is 0 Å². The zero-order chi connectivity index (χ0) is 14.0. The van der Waals surface area contributed by atoms with Gasteiger partial charge >= 0.3 is 0 Å². The van der Waals surface area contributed by atoms with Crippen molar-refractivity contribution in [3.05, 3.63) is 52.0 Å². The van der Waals surface area contributed by atoms with Gasteiger partial charge in [0.15, 0.2) is 0 Å². The molecule has 0 aliphatic rings. The molecule has 0 heterocycles. The predicted molar refractivity (Wildman–Crippen MR) is 73.4 cm³/mol. The molecule has 0 aliphatic heterocycles. The topological polar surface area (TPSA) is 9.23 Å². The average molecular weight is 303 g/mol. The molecule has 0 radical (unpaired) electrons. The lowest BCUT2D eigenvalue weighted by atomic mass is 10.0. The summed E-state index contributed by atoms with van der Waals surface area (Å²) in [5.41, 5.74) is 1.17. The smallest absolute Gasteiger partial charge is 0.263 e. The van der Waals surface area contributed by atoms with Crippen LogP contribution in [0, 0.1) is 0 Å². The Morgan fingerprint density at radius 2 is 1.79 bits per heavy atom. The predicted octanol–water partition coefficient (Wildman–Crippen LogP) is 5.61. The Bertz CT molecular complexity index is 600. The van der Waals surface area contributed by atoms with Crippen LogP contribution in [-0.2, 0) is 0 Å². The van der Waals surface area contributed by atoms with Gasteiger partial charge in [0.05, 0.1) is 17.2 Å². The molecule has 1 nitrogen and oxygen atoms in total. The minimum atomic E-state index is -2.54. The molecule has 0 spiro atoms. The lowest BCUT2D eigenvalue weighted by Gasteiger charge is -2.12. The number of halogens is 4. The molecule has 19 heavy (non-hydrogen) atoms. The maximum Gasteiger partial charge on any atom is 0.263 e. The van der Waals surface area contributed by atoms with Crippen LogP contribution in [0.2, 0.25) is 10.0 Å². The summed E-state index contributed by atoms with van der Waals surface area (Å²) in [6.45, 7) is 0. The third-order valence-corrected chi connectivity index (χ3v) is 3.54. The second-order valence-electron chi connectivity index (χ2n) is 3.86. The summed E-state index contributed by atoms with van der Waals surface area (Å²) >= 11 is 12.1. The molecule has 100 valence electrons. The van der Waals surface area contributed by atoms with Crippen molar-refractivity contribution in [2.75, 3.05) is 7.11 Å².